The molecular formula is C14H16O6. The SMILES string of the molecule is CCOC(=O)COc1cc(OC)ccc1/C=C/C(=O)O. The van der Waals surface area contributed by atoms with Gasteiger partial charge in [0.1, 0.15) is 11.5 Å². The fourth-order valence-electron chi connectivity index (χ4n) is 1.40. The van der Waals surface area contributed by atoms with E-state index in [1.54, 1.807) is 25.1 Å². The van der Waals surface area contributed by atoms with Gasteiger partial charge in [-0.1, -0.05) is 0 Å². The molecule has 0 aliphatic heterocycles. The average Bonchev–Trinajstić information content (AvgIpc) is 2.43. The Kier molecular flexibility index (Phi) is 6.09. The van der Waals surface area contributed by atoms with Crippen molar-refractivity contribution in [3.05, 3.63) is 29.8 Å². The Bertz CT molecular complexity index is 506. The lowest BCUT2D eigenvalue weighted by atomic mass is 10.1. The molecule has 0 bridgehead atoms. The first-order valence-corrected chi connectivity index (χ1v) is 5.94. The van der Waals surface area contributed by atoms with E-state index in [1.807, 2.05) is 0 Å². The van der Waals surface area contributed by atoms with E-state index >= 15 is 0 Å². The summed E-state index contributed by atoms with van der Waals surface area (Å²) in [5.74, 6) is -0.688. The summed E-state index contributed by atoms with van der Waals surface area (Å²) in [7, 11) is 1.50. The predicted octanol–water partition coefficient (Wildman–Crippen LogP) is 1.73. The minimum Gasteiger partial charge on any atom is -0.497 e. The standard InChI is InChI=1S/C14H16O6/c1-3-19-14(17)9-20-12-8-11(18-2)6-4-10(12)5-7-13(15)16/h4-8H,3,9H2,1-2H3,(H,15,16)/b7-5+. The lowest BCUT2D eigenvalue weighted by Gasteiger charge is -2.10. The minimum atomic E-state index is -1.07. The molecule has 0 saturated heterocycles. The van der Waals surface area contributed by atoms with Gasteiger partial charge in [-0.3, -0.25) is 0 Å². The quantitative estimate of drug-likeness (QED) is 0.605. The first kappa shape index (κ1) is 15.6. The Morgan fingerprint density at radius 2 is 2.10 bits per heavy atom. The van der Waals surface area contributed by atoms with Gasteiger partial charge in [0.25, 0.3) is 0 Å². The van der Waals surface area contributed by atoms with Crippen molar-refractivity contribution in [1.82, 2.24) is 0 Å². The van der Waals surface area contributed by atoms with Crippen molar-refractivity contribution in [2.75, 3.05) is 20.3 Å². The molecule has 0 spiro atoms. The zero-order valence-electron chi connectivity index (χ0n) is 11.3. The number of carbonyl (C=O) groups excluding carboxylic acids is 1. The van der Waals surface area contributed by atoms with E-state index < -0.39 is 11.9 Å². The Balaban J connectivity index is 2.88. The van der Waals surface area contributed by atoms with Crippen LogP contribution in [0.4, 0.5) is 0 Å². The normalized spacial score (nSPS) is 10.3. The van der Waals surface area contributed by atoms with Crippen LogP contribution in [0.15, 0.2) is 24.3 Å². The van der Waals surface area contributed by atoms with Gasteiger partial charge in [-0.2, -0.15) is 0 Å². The smallest absolute Gasteiger partial charge is 0.344 e. The van der Waals surface area contributed by atoms with Gasteiger partial charge in [-0.05, 0) is 25.1 Å². The van der Waals surface area contributed by atoms with Gasteiger partial charge in [0.05, 0.1) is 13.7 Å². The molecule has 0 aromatic heterocycles. The molecule has 0 saturated carbocycles. The maximum atomic E-state index is 11.3. The van der Waals surface area contributed by atoms with Gasteiger partial charge in [0, 0.05) is 17.7 Å². The molecule has 0 amide bonds. The molecule has 0 aliphatic carbocycles. The van der Waals surface area contributed by atoms with Gasteiger partial charge in [0.2, 0.25) is 0 Å². The number of rotatable bonds is 7. The van der Waals surface area contributed by atoms with Crippen molar-refractivity contribution in [3.63, 3.8) is 0 Å². The summed E-state index contributed by atoms with van der Waals surface area (Å²) < 4.78 is 15.1. The van der Waals surface area contributed by atoms with E-state index in [9.17, 15) is 9.59 Å². The second kappa shape index (κ2) is 7.83. The summed E-state index contributed by atoms with van der Waals surface area (Å²) in [5, 5.41) is 8.63. The number of esters is 1. The third-order valence-corrected chi connectivity index (χ3v) is 2.28. The molecule has 20 heavy (non-hydrogen) atoms. The van der Waals surface area contributed by atoms with E-state index in [0.717, 1.165) is 6.08 Å². The van der Waals surface area contributed by atoms with Crippen molar-refractivity contribution in [2.24, 2.45) is 0 Å². The van der Waals surface area contributed by atoms with E-state index in [-0.39, 0.29) is 13.2 Å². The third kappa shape index (κ3) is 5.01. The Labute approximate surface area is 116 Å². The topological polar surface area (TPSA) is 82.1 Å². The molecule has 0 atom stereocenters. The first-order valence-electron chi connectivity index (χ1n) is 5.94. The zero-order chi connectivity index (χ0) is 15.0. The molecule has 108 valence electrons. The number of carboxylic acids is 1. The maximum Gasteiger partial charge on any atom is 0.344 e. The summed E-state index contributed by atoms with van der Waals surface area (Å²) in [4.78, 5) is 21.8. The van der Waals surface area contributed by atoms with E-state index in [2.05, 4.69) is 0 Å². The van der Waals surface area contributed by atoms with Gasteiger partial charge in [-0.25, -0.2) is 9.59 Å². The minimum absolute atomic E-state index is 0.255. The molecule has 0 aliphatic rings. The molecule has 1 N–H and O–H groups in total. The highest BCUT2D eigenvalue weighted by molar-refractivity contribution is 5.86. The number of methoxy groups -OCH3 is 1. The van der Waals surface area contributed by atoms with E-state index in [1.165, 1.54) is 13.2 Å². The number of aliphatic carboxylic acids is 1. The fourth-order valence-corrected chi connectivity index (χ4v) is 1.40. The largest absolute Gasteiger partial charge is 0.497 e. The average molecular weight is 280 g/mol. The van der Waals surface area contributed by atoms with Crippen LogP contribution >= 0.6 is 0 Å². The number of carbonyl (C=O) groups is 2. The van der Waals surface area contributed by atoms with Crippen LogP contribution in [-0.2, 0) is 14.3 Å². The molecule has 6 heteroatoms. The number of carboxylic acid groups (broad SMARTS) is 1. The van der Waals surface area contributed by atoms with Crippen LogP contribution in [0.1, 0.15) is 12.5 Å². The van der Waals surface area contributed by atoms with E-state index in [0.29, 0.717) is 17.1 Å². The van der Waals surface area contributed by atoms with Crippen molar-refractivity contribution < 1.29 is 28.9 Å². The maximum absolute atomic E-state index is 11.3. The van der Waals surface area contributed by atoms with E-state index in [4.69, 9.17) is 19.3 Å². The Hall–Kier alpha value is -2.50. The van der Waals surface area contributed by atoms with Crippen molar-refractivity contribution in [2.45, 2.75) is 6.92 Å². The summed E-state index contributed by atoms with van der Waals surface area (Å²) in [6, 6.07) is 4.87. The van der Waals surface area contributed by atoms with Gasteiger partial charge in [-0.15, -0.1) is 0 Å². The number of hydrogen-bond acceptors (Lipinski definition) is 5. The zero-order valence-corrected chi connectivity index (χ0v) is 11.3. The highest BCUT2D eigenvalue weighted by Crippen LogP contribution is 2.26. The molecule has 6 nitrogen and oxygen atoms in total. The highest BCUT2D eigenvalue weighted by atomic mass is 16.6. The molecule has 0 radical (unpaired) electrons. The molecule has 1 rings (SSSR count). The molecule has 0 heterocycles. The molecular weight excluding hydrogens is 264 g/mol. The van der Waals surface area contributed by atoms with Crippen LogP contribution in [0.5, 0.6) is 11.5 Å². The third-order valence-electron chi connectivity index (χ3n) is 2.28. The van der Waals surface area contributed by atoms with Crippen LogP contribution in [0, 0.1) is 0 Å². The molecule has 1 aromatic rings. The highest BCUT2D eigenvalue weighted by Gasteiger charge is 2.08. The molecule has 0 unspecified atom stereocenters. The second-order valence-corrected chi connectivity index (χ2v) is 3.67. The lowest BCUT2D eigenvalue weighted by molar-refractivity contribution is -0.145. The first-order chi connectivity index (χ1) is 9.56. The van der Waals surface area contributed by atoms with Gasteiger partial charge >= 0.3 is 11.9 Å². The van der Waals surface area contributed by atoms with Crippen LogP contribution in [0.25, 0.3) is 6.08 Å². The Morgan fingerprint density at radius 1 is 1.35 bits per heavy atom. The number of benzene rings is 1. The lowest BCUT2D eigenvalue weighted by Crippen LogP contribution is -2.15. The monoisotopic (exact) mass is 280 g/mol. The summed E-state index contributed by atoms with van der Waals surface area (Å²) in [5.41, 5.74) is 0.525. The van der Waals surface area contributed by atoms with Crippen molar-refractivity contribution in [3.8, 4) is 11.5 Å². The fraction of sp³-hybridized carbons (Fsp3) is 0.286. The molecule has 1 aromatic carbocycles. The number of ether oxygens (including phenoxy) is 3. The van der Waals surface area contributed by atoms with Crippen LogP contribution < -0.4 is 9.47 Å². The Morgan fingerprint density at radius 3 is 2.70 bits per heavy atom. The second-order valence-electron chi connectivity index (χ2n) is 3.67. The van der Waals surface area contributed by atoms with Crippen LogP contribution in [-0.4, -0.2) is 37.4 Å². The van der Waals surface area contributed by atoms with Crippen LogP contribution in [0.2, 0.25) is 0 Å². The van der Waals surface area contributed by atoms with Gasteiger partial charge < -0.3 is 19.3 Å². The van der Waals surface area contributed by atoms with Crippen LogP contribution in [0.3, 0.4) is 0 Å². The van der Waals surface area contributed by atoms with Crippen molar-refractivity contribution >= 4 is 18.0 Å². The summed E-state index contributed by atoms with van der Waals surface area (Å²) >= 11 is 0. The van der Waals surface area contributed by atoms with Crippen molar-refractivity contribution in [1.29, 1.82) is 0 Å². The summed E-state index contributed by atoms with van der Waals surface area (Å²) in [6.45, 7) is 1.71. The summed E-state index contributed by atoms with van der Waals surface area (Å²) in [6.07, 6.45) is 2.36. The molecule has 0 fully saturated rings. The van der Waals surface area contributed by atoms with Gasteiger partial charge in [0.15, 0.2) is 6.61 Å². The number of hydrogen-bond donors (Lipinski definition) is 1. The predicted molar refractivity (Wildman–Crippen MR) is 71.8 cm³/mol.